The number of hydrogen-bond donors (Lipinski definition) is 0. The Morgan fingerprint density at radius 2 is 1.81 bits per heavy atom. The standard InChI is InChI=1S/C13H23NO2/c15-13(14-9-5-6-10-16-14)11-12-7-3-1-2-4-8-12/h12H,1-11H2. The van der Waals surface area contributed by atoms with Crippen molar-refractivity contribution in [1.82, 2.24) is 5.06 Å². The van der Waals surface area contributed by atoms with E-state index in [0.29, 0.717) is 12.3 Å². The molecule has 0 bridgehead atoms. The van der Waals surface area contributed by atoms with E-state index in [1.165, 1.54) is 38.5 Å². The van der Waals surface area contributed by atoms with E-state index in [4.69, 9.17) is 4.84 Å². The molecule has 1 aliphatic carbocycles. The average molecular weight is 225 g/mol. The monoisotopic (exact) mass is 225 g/mol. The third-order valence-corrected chi connectivity index (χ3v) is 3.72. The van der Waals surface area contributed by atoms with E-state index in [1.54, 1.807) is 5.06 Å². The Morgan fingerprint density at radius 3 is 2.44 bits per heavy atom. The zero-order valence-electron chi connectivity index (χ0n) is 10.1. The summed E-state index contributed by atoms with van der Waals surface area (Å²) in [5, 5.41) is 1.61. The highest BCUT2D eigenvalue weighted by atomic mass is 16.7. The molecule has 2 rings (SSSR count). The highest BCUT2D eigenvalue weighted by Gasteiger charge is 2.22. The van der Waals surface area contributed by atoms with Crippen LogP contribution in [0.15, 0.2) is 0 Å². The molecule has 2 aliphatic rings. The molecule has 0 aromatic heterocycles. The van der Waals surface area contributed by atoms with E-state index in [1.807, 2.05) is 0 Å². The maximum atomic E-state index is 12.0. The molecule has 0 aromatic carbocycles. The summed E-state index contributed by atoms with van der Waals surface area (Å²) in [4.78, 5) is 17.4. The molecule has 1 aliphatic heterocycles. The minimum atomic E-state index is 0.214. The predicted molar refractivity (Wildman–Crippen MR) is 62.7 cm³/mol. The van der Waals surface area contributed by atoms with E-state index >= 15 is 0 Å². The summed E-state index contributed by atoms with van der Waals surface area (Å²) in [5.74, 6) is 0.826. The lowest BCUT2D eigenvalue weighted by Crippen LogP contribution is -2.36. The summed E-state index contributed by atoms with van der Waals surface area (Å²) in [6.45, 7) is 1.52. The highest BCUT2D eigenvalue weighted by molar-refractivity contribution is 5.75. The van der Waals surface area contributed by atoms with Gasteiger partial charge in [-0.1, -0.05) is 25.7 Å². The Kier molecular flexibility index (Phi) is 4.64. The fourth-order valence-electron chi connectivity index (χ4n) is 2.71. The maximum absolute atomic E-state index is 12.0. The molecule has 92 valence electrons. The Bertz CT molecular complexity index is 216. The second-order valence-electron chi connectivity index (χ2n) is 5.10. The van der Waals surface area contributed by atoms with Crippen molar-refractivity contribution in [1.29, 1.82) is 0 Å². The summed E-state index contributed by atoms with van der Waals surface area (Å²) in [6, 6.07) is 0. The van der Waals surface area contributed by atoms with Crippen molar-refractivity contribution in [3.05, 3.63) is 0 Å². The Labute approximate surface area is 98.1 Å². The minimum absolute atomic E-state index is 0.214. The van der Waals surface area contributed by atoms with Crippen molar-refractivity contribution < 1.29 is 9.63 Å². The second-order valence-corrected chi connectivity index (χ2v) is 5.10. The van der Waals surface area contributed by atoms with Gasteiger partial charge in [0.1, 0.15) is 0 Å². The summed E-state index contributed by atoms with van der Waals surface area (Å²) in [7, 11) is 0. The molecule has 1 saturated heterocycles. The van der Waals surface area contributed by atoms with Crippen molar-refractivity contribution in [3.8, 4) is 0 Å². The molecule has 0 spiro atoms. The van der Waals surface area contributed by atoms with Crippen molar-refractivity contribution in [2.24, 2.45) is 5.92 Å². The van der Waals surface area contributed by atoms with Crippen molar-refractivity contribution >= 4 is 5.91 Å². The Balaban J connectivity index is 1.76. The SMILES string of the molecule is O=C(CC1CCCCCC1)N1CCCCO1. The second kappa shape index (κ2) is 6.24. The Morgan fingerprint density at radius 1 is 1.06 bits per heavy atom. The van der Waals surface area contributed by atoms with E-state index in [2.05, 4.69) is 0 Å². The van der Waals surface area contributed by atoms with Crippen LogP contribution in [-0.2, 0) is 9.63 Å². The molecule has 3 heteroatoms. The molecule has 1 amide bonds. The van der Waals surface area contributed by atoms with Gasteiger partial charge in [0.25, 0.3) is 0 Å². The number of hydrogen-bond acceptors (Lipinski definition) is 2. The summed E-state index contributed by atoms with van der Waals surface area (Å²) < 4.78 is 0. The minimum Gasteiger partial charge on any atom is -0.273 e. The van der Waals surface area contributed by atoms with Gasteiger partial charge in [-0.2, -0.15) is 0 Å². The molecule has 2 fully saturated rings. The molecular weight excluding hydrogens is 202 g/mol. The summed E-state index contributed by atoms with van der Waals surface area (Å²) in [6.07, 6.45) is 10.7. The zero-order valence-corrected chi connectivity index (χ0v) is 10.1. The third kappa shape index (κ3) is 3.48. The fourth-order valence-corrected chi connectivity index (χ4v) is 2.71. The smallest absolute Gasteiger partial charge is 0.246 e. The van der Waals surface area contributed by atoms with Crippen LogP contribution in [0.2, 0.25) is 0 Å². The van der Waals surface area contributed by atoms with E-state index in [0.717, 1.165) is 26.0 Å². The van der Waals surface area contributed by atoms with E-state index < -0.39 is 0 Å². The first kappa shape index (κ1) is 11.9. The van der Waals surface area contributed by atoms with Gasteiger partial charge in [0.2, 0.25) is 5.91 Å². The van der Waals surface area contributed by atoms with Crippen LogP contribution in [-0.4, -0.2) is 24.1 Å². The van der Waals surface area contributed by atoms with Gasteiger partial charge in [-0.15, -0.1) is 0 Å². The lowest BCUT2D eigenvalue weighted by Gasteiger charge is -2.27. The van der Waals surface area contributed by atoms with Gasteiger partial charge >= 0.3 is 0 Å². The molecule has 0 aromatic rings. The van der Waals surface area contributed by atoms with Gasteiger partial charge in [0.05, 0.1) is 6.61 Å². The molecular formula is C13H23NO2. The van der Waals surface area contributed by atoms with Gasteiger partial charge in [-0.05, 0) is 31.6 Å². The van der Waals surface area contributed by atoms with Crippen molar-refractivity contribution in [2.75, 3.05) is 13.2 Å². The first-order chi connectivity index (χ1) is 7.86. The van der Waals surface area contributed by atoms with Gasteiger partial charge in [-0.3, -0.25) is 9.63 Å². The largest absolute Gasteiger partial charge is 0.273 e. The predicted octanol–water partition coefficient (Wildman–Crippen LogP) is 2.90. The van der Waals surface area contributed by atoms with Crippen LogP contribution in [0, 0.1) is 5.92 Å². The lowest BCUT2D eigenvalue weighted by molar-refractivity contribution is -0.198. The molecule has 0 radical (unpaired) electrons. The maximum Gasteiger partial charge on any atom is 0.246 e. The number of nitrogens with zero attached hydrogens (tertiary/aromatic N) is 1. The number of carbonyl (C=O) groups is 1. The number of rotatable bonds is 2. The molecule has 0 unspecified atom stereocenters. The van der Waals surface area contributed by atoms with Crippen LogP contribution >= 0.6 is 0 Å². The molecule has 1 heterocycles. The number of hydroxylamine groups is 2. The quantitative estimate of drug-likeness (QED) is 0.676. The van der Waals surface area contributed by atoms with E-state index in [9.17, 15) is 4.79 Å². The molecule has 1 saturated carbocycles. The van der Waals surface area contributed by atoms with Crippen LogP contribution in [0.4, 0.5) is 0 Å². The third-order valence-electron chi connectivity index (χ3n) is 3.72. The first-order valence-corrected chi connectivity index (χ1v) is 6.79. The summed E-state index contributed by atoms with van der Waals surface area (Å²) in [5.41, 5.74) is 0. The van der Waals surface area contributed by atoms with Gasteiger partial charge in [0.15, 0.2) is 0 Å². The first-order valence-electron chi connectivity index (χ1n) is 6.79. The van der Waals surface area contributed by atoms with Gasteiger partial charge in [0, 0.05) is 13.0 Å². The summed E-state index contributed by atoms with van der Waals surface area (Å²) >= 11 is 0. The normalized spacial score (nSPS) is 24.1. The highest BCUT2D eigenvalue weighted by Crippen LogP contribution is 2.26. The zero-order chi connectivity index (χ0) is 11.2. The molecule has 0 atom stereocenters. The van der Waals surface area contributed by atoms with Crippen molar-refractivity contribution in [2.45, 2.75) is 57.8 Å². The van der Waals surface area contributed by atoms with Gasteiger partial charge < -0.3 is 0 Å². The van der Waals surface area contributed by atoms with Crippen LogP contribution in [0.1, 0.15) is 57.8 Å². The lowest BCUT2D eigenvalue weighted by atomic mass is 9.96. The number of amides is 1. The van der Waals surface area contributed by atoms with Crippen LogP contribution in [0.25, 0.3) is 0 Å². The van der Waals surface area contributed by atoms with Crippen LogP contribution < -0.4 is 0 Å². The molecule has 16 heavy (non-hydrogen) atoms. The molecule has 0 N–H and O–H groups in total. The van der Waals surface area contributed by atoms with E-state index in [-0.39, 0.29) is 5.91 Å². The topological polar surface area (TPSA) is 29.5 Å². The van der Waals surface area contributed by atoms with Crippen molar-refractivity contribution in [3.63, 3.8) is 0 Å². The fraction of sp³-hybridized carbons (Fsp3) is 0.923. The number of carbonyl (C=O) groups excluding carboxylic acids is 1. The van der Waals surface area contributed by atoms with Crippen LogP contribution in [0.3, 0.4) is 0 Å². The van der Waals surface area contributed by atoms with Gasteiger partial charge in [-0.25, -0.2) is 5.06 Å². The Hall–Kier alpha value is -0.570. The van der Waals surface area contributed by atoms with Crippen LogP contribution in [0.5, 0.6) is 0 Å². The molecule has 3 nitrogen and oxygen atoms in total. The average Bonchev–Trinajstić information content (AvgIpc) is 2.59.